The molecule has 0 radical (unpaired) electrons. The summed E-state index contributed by atoms with van der Waals surface area (Å²) in [5.74, 6) is -0.146. The van der Waals surface area contributed by atoms with E-state index in [1.807, 2.05) is 43.3 Å². The lowest BCUT2D eigenvalue weighted by Gasteiger charge is -2.08. The van der Waals surface area contributed by atoms with E-state index in [1.165, 1.54) is 9.79 Å². The lowest BCUT2D eigenvalue weighted by molar-refractivity contribution is -0.117. The van der Waals surface area contributed by atoms with Gasteiger partial charge in [-0.2, -0.15) is 0 Å². The van der Waals surface area contributed by atoms with Crippen LogP contribution in [0, 0.1) is 0 Å². The quantitative estimate of drug-likeness (QED) is 0.563. The Bertz CT molecular complexity index is 745. The molecule has 3 nitrogen and oxygen atoms in total. The van der Waals surface area contributed by atoms with E-state index in [1.54, 1.807) is 24.8 Å². The fraction of sp³-hybridized carbons (Fsp3) is 0.190. The standard InChI is InChI=1S/C21H24N2OS/c1-3-4-10-20(16(2)22)21(24)23-15-17-11-13-19(14-12-17)25-18-8-6-5-7-9-18/h4-14H,3,15,22H2,1-2H3,(H,23,24)/b10-4-,20-16-. The van der Waals surface area contributed by atoms with Crippen LogP contribution in [0.2, 0.25) is 0 Å². The summed E-state index contributed by atoms with van der Waals surface area (Å²) in [7, 11) is 0. The maximum Gasteiger partial charge on any atom is 0.253 e. The van der Waals surface area contributed by atoms with Crippen molar-refractivity contribution in [3.63, 3.8) is 0 Å². The minimum Gasteiger partial charge on any atom is -0.402 e. The van der Waals surface area contributed by atoms with E-state index in [4.69, 9.17) is 5.73 Å². The second-order valence-corrected chi connectivity index (χ2v) is 6.80. The molecule has 0 saturated carbocycles. The molecular formula is C21H24N2OS. The second-order valence-electron chi connectivity index (χ2n) is 5.65. The van der Waals surface area contributed by atoms with Gasteiger partial charge in [0.15, 0.2) is 0 Å². The lowest BCUT2D eigenvalue weighted by atomic mass is 10.1. The normalized spacial score (nSPS) is 12.1. The first-order valence-corrected chi connectivity index (χ1v) is 9.14. The van der Waals surface area contributed by atoms with Crippen molar-refractivity contribution in [1.82, 2.24) is 5.32 Å². The number of carbonyl (C=O) groups is 1. The molecule has 25 heavy (non-hydrogen) atoms. The molecule has 0 fully saturated rings. The van der Waals surface area contributed by atoms with E-state index in [9.17, 15) is 4.79 Å². The van der Waals surface area contributed by atoms with Crippen LogP contribution < -0.4 is 11.1 Å². The number of amides is 1. The predicted octanol–water partition coefficient (Wildman–Crippen LogP) is 4.65. The first-order chi connectivity index (χ1) is 12.1. The van der Waals surface area contributed by atoms with Gasteiger partial charge in [0.05, 0.1) is 5.57 Å². The van der Waals surface area contributed by atoms with Crippen LogP contribution >= 0.6 is 11.8 Å². The van der Waals surface area contributed by atoms with Gasteiger partial charge in [0.25, 0.3) is 5.91 Å². The molecular weight excluding hydrogens is 328 g/mol. The Morgan fingerprint density at radius 1 is 1.08 bits per heavy atom. The summed E-state index contributed by atoms with van der Waals surface area (Å²) < 4.78 is 0. The second kappa shape index (κ2) is 9.74. The van der Waals surface area contributed by atoms with Gasteiger partial charge >= 0.3 is 0 Å². The van der Waals surface area contributed by atoms with Gasteiger partial charge in [-0.25, -0.2) is 0 Å². The molecule has 0 saturated heterocycles. The summed E-state index contributed by atoms with van der Waals surface area (Å²) >= 11 is 1.72. The average Bonchev–Trinajstić information content (AvgIpc) is 2.62. The van der Waals surface area contributed by atoms with E-state index in [0.29, 0.717) is 17.8 Å². The maximum absolute atomic E-state index is 12.3. The number of rotatable bonds is 7. The largest absolute Gasteiger partial charge is 0.402 e. The molecule has 0 aliphatic carbocycles. The minimum absolute atomic E-state index is 0.146. The summed E-state index contributed by atoms with van der Waals surface area (Å²) in [5, 5.41) is 2.92. The van der Waals surface area contributed by atoms with Crippen LogP contribution in [0.15, 0.2) is 87.8 Å². The third-order valence-electron chi connectivity index (χ3n) is 3.55. The number of benzene rings is 2. The summed E-state index contributed by atoms with van der Waals surface area (Å²) in [5.41, 5.74) is 7.91. The van der Waals surface area contributed by atoms with Crippen LogP contribution in [0.1, 0.15) is 25.8 Å². The van der Waals surface area contributed by atoms with Crippen molar-refractivity contribution in [2.24, 2.45) is 5.73 Å². The fourth-order valence-electron chi connectivity index (χ4n) is 2.20. The molecule has 0 atom stereocenters. The smallest absolute Gasteiger partial charge is 0.253 e. The van der Waals surface area contributed by atoms with Gasteiger partial charge in [0.2, 0.25) is 0 Å². The highest BCUT2D eigenvalue weighted by molar-refractivity contribution is 7.99. The van der Waals surface area contributed by atoms with Gasteiger partial charge in [-0.1, -0.05) is 61.2 Å². The molecule has 0 unspecified atom stereocenters. The first kappa shape index (κ1) is 18.9. The van der Waals surface area contributed by atoms with E-state index in [2.05, 4.69) is 29.6 Å². The van der Waals surface area contributed by atoms with Crippen LogP contribution in [0.4, 0.5) is 0 Å². The molecule has 2 aromatic rings. The van der Waals surface area contributed by atoms with E-state index in [-0.39, 0.29) is 5.91 Å². The van der Waals surface area contributed by atoms with Crippen molar-refractivity contribution in [2.75, 3.05) is 0 Å². The van der Waals surface area contributed by atoms with Crippen LogP contribution in [0.5, 0.6) is 0 Å². The molecule has 0 aliphatic heterocycles. The van der Waals surface area contributed by atoms with Crippen LogP contribution in [-0.2, 0) is 11.3 Å². The Morgan fingerprint density at radius 2 is 1.72 bits per heavy atom. The van der Waals surface area contributed by atoms with Crippen molar-refractivity contribution in [3.05, 3.63) is 83.6 Å². The van der Waals surface area contributed by atoms with Crippen molar-refractivity contribution in [2.45, 2.75) is 36.6 Å². The summed E-state index contributed by atoms with van der Waals surface area (Å²) in [6.07, 6.45) is 4.58. The highest BCUT2D eigenvalue weighted by atomic mass is 32.2. The van der Waals surface area contributed by atoms with Crippen molar-refractivity contribution < 1.29 is 4.79 Å². The Kier molecular flexibility index (Phi) is 7.36. The zero-order valence-corrected chi connectivity index (χ0v) is 15.5. The number of nitrogens with one attached hydrogen (secondary N) is 1. The molecule has 1 amide bonds. The predicted molar refractivity (Wildman–Crippen MR) is 105 cm³/mol. The maximum atomic E-state index is 12.3. The van der Waals surface area contributed by atoms with Crippen LogP contribution in [0.25, 0.3) is 0 Å². The molecule has 4 heteroatoms. The Morgan fingerprint density at radius 3 is 2.32 bits per heavy atom. The minimum atomic E-state index is -0.146. The van der Waals surface area contributed by atoms with Crippen LogP contribution in [0.3, 0.4) is 0 Å². The summed E-state index contributed by atoms with van der Waals surface area (Å²) in [6.45, 7) is 4.24. The molecule has 130 valence electrons. The zero-order valence-electron chi connectivity index (χ0n) is 14.7. The fourth-order valence-corrected chi connectivity index (χ4v) is 3.04. The van der Waals surface area contributed by atoms with Gasteiger partial charge in [-0.3, -0.25) is 4.79 Å². The van der Waals surface area contributed by atoms with Gasteiger partial charge in [0.1, 0.15) is 0 Å². The third-order valence-corrected chi connectivity index (χ3v) is 4.56. The van der Waals surface area contributed by atoms with Crippen molar-refractivity contribution in [3.8, 4) is 0 Å². The SMILES string of the molecule is CC/C=C\C(C(=O)NCc1ccc(Sc2ccccc2)cc1)=C(/C)N. The number of hydrogen-bond acceptors (Lipinski definition) is 3. The molecule has 3 N–H and O–H groups in total. The van der Waals surface area contributed by atoms with Gasteiger partial charge in [-0.05, 0) is 43.2 Å². The molecule has 0 spiro atoms. The Hall–Kier alpha value is -2.46. The molecule has 0 heterocycles. The molecule has 0 bridgehead atoms. The van der Waals surface area contributed by atoms with Gasteiger partial charge in [-0.15, -0.1) is 0 Å². The molecule has 0 aliphatic rings. The number of hydrogen-bond donors (Lipinski definition) is 2. The Labute approximate surface area is 154 Å². The van der Waals surface area contributed by atoms with Crippen LogP contribution in [-0.4, -0.2) is 5.91 Å². The molecule has 2 aromatic carbocycles. The third kappa shape index (κ3) is 6.16. The van der Waals surface area contributed by atoms with Crippen molar-refractivity contribution in [1.29, 1.82) is 0 Å². The van der Waals surface area contributed by atoms with Crippen molar-refractivity contribution >= 4 is 17.7 Å². The van der Waals surface area contributed by atoms with E-state index < -0.39 is 0 Å². The zero-order chi connectivity index (χ0) is 18.1. The molecule has 0 aromatic heterocycles. The molecule has 2 rings (SSSR count). The number of nitrogens with two attached hydrogens (primary N) is 1. The van der Waals surface area contributed by atoms with Gasteiger partial charge < -0.3 is 11.1 Å². The summed E-state index contributed by atoms with van der Waals surface area (Å²) in [6, 6.07) is 18.5. The average molecular weight is 353 g/mol. The summed E-state index contributed by atoms with van der Waals surface area (Å²) in [4.78, 5) is 14.6. The van der Waals surface area contributed by atoms with E-state index >= 15 is 0 Å². The Balaban J connectivity index is 1.94. The number of allylic oxidation sites excluding steroid dienone is 2. The highest BCUT2D eigenvalue weighted by Crippen LogP contribution is 2.27. The lowest BCUT2D eigenvalue weighted by Crippen LogP contribution is -2.25. The monoisotopic (exact) mass is 352 g/mol. The van der Waals surface area contributed by atoms with Gasteiger partial charge in [0, 0.05) is 22.0 Å². The highest BCUT2D eigenvalue weighted by Gasteiger charge is 2.08. The topological polar surface area (TPSA) is 55.1 Å². The first-order valence-electron chi connectivity index (χ1n) is 8.33. The van der Waals surface area contributed by atoms with E-state index in [0.717, 1.165) is 12.0 Å². The number of carbonyl (C=O) groups excluding carboxylic acids is 1.